The van der Waals surface area contributed by atoms with Crippen molar-refractivity contribution in [1.29, 1.82) is 0 Å². The highest BCUT2D eigenvalue weighted by atomic mass is 35.5. The number of hydrogen-bond acceptors (Lipinski definition) is 5. The van der Waals surface area contributed by atoms with Crippen LogP contribution in [0.2, 0.25) is 5.02 Å². The Labute approximate surface area is 176 Å². The van der Waals surface area contributed by atoms with Gasteiger partial charge >= 0.3 is 0 Å². The van der Waals surface area contributed by atoms with Crippen LogP contribution < -0.4 is 10.6 Å². The van der Waals surface area contributed by atoms with Crippen molar-refractivity contribution in [3.63, 3.8) is 0 Å². The maximum atomic E-state index is 14.1. The van der Waals surface area contributed by atoms with Crippen molar-refractivity contribution in [2.75, 3.05) is 18.5 Å². The third kappa shape index (κ3) is 4.41. The van der Waals surface area contributed by atoms with Crippen molar-refractivity contribution in [1.82, 2.24) is 15.1 Å². The molecule has 10 heteroatoms. The fraction of sp³-hybridized carbons (Fsp3) is 0.421. The normalized spacial score (nSPS) is 17.9. The Morgan fingerprint density at radius 3 is 3.00 bits per heavy atom. The number of benzene rings is 1. The standard InChI is InChI=1S/C19H20ClFN4O3S/c20-13-4-1-5-14(21)17(13)19(27)23-18-12-9-29-10-15(12)24-25(18)8-16(26)22-7-11-3-2-6-28-11/h1,4-5,11H,2-3,6-10H2,(H,22,26)(H,23,27)/t11-/m0/s1. The number of carbonyl (C=O) groups is 2. The molecule has 0 aliphatic carbocycles. The van der Waals surface area contributed by atoms with Gasteiger partial charge in [0.1, 0.15) is 18.2 Å². The van der Waals surface area contributed by atoms with Crippen LogP contribution in [-0.2, 0) is 27.6 Å². The number of nitrogens with zero attached hydrogens (tertiary/aromatic N) is 2. The quantitative estimate of drug-likeness (QED) is 0.724. The molecule has 4 rings (SSSR count). The van der Waals surface area contributed by atoms with Crippen molar-refractivity contribution in [3.8, 4) is 0 Å². The highest BCUT2D eigenvalue weighted by Gasteiger charge is 2.27. The molecule has 1 saturated heterocycles. The molecule has 7 nitrogen and oxygen atoms in total. The van der Waals surface area contributed by atoms with E-state index in [4.69, 9.17) is 16.3 Å². The SMILES string of the molecule is O=C(Cn1nc2c(c1NC(=O)c1c(F)cccc1Cl)CSC2)NC[C@@H]1CCCO1. The zero-order chi connectivity index (χ0) is 20.4. The van der Waals surface area contributed by atoms with E-state index in [1.807, 2.05) is 0 Å². The summed E-state index contributed by atoms with van der Waals surface area (Å²) >= 11 is 7.67. The number of carbonyl (C=O) groups excluding carboxylic acids is 2. The first-order valence-corrected chi connectivity index (χ1v) is 10.9. The van der Waals surface area contributed by atoms with E-state index in [0.717, 1.165) is 30.7 Å². The van der Waals surface area contributed by atoms with Crippen LogP contribution in [0.3, 0.4) is 0 Å². The molecule has 2 N–H and O–H groups in total. The fourth-order valence-electron chi connectivity index (χ4n) is 3.43. The zero-order valence-corrected chi connectivity index (χ0v) is 17.1. The number of halogens is 2. The lowest BCUT2D eigenvalue weighted by atomic mass is 10.2. The summed E-state index contributed by atoms with van der Waals surface area (Å²) in [6, 6.07) is 4.07. The van der Waals surface area contributed by atoms with E-state index in [0.29, 0.717) is 23.9 Å². The van der Waals surface area contributed by atoms with Crippen LogP contribution >= 0.6 is 23.4 Å². The average Bonchev–Trinajstić information content (AvgIpc) is 3.40. The van der Waals surface area contributed by atoms with Crippen LogP contribution in [0.4, 0.5) is 10.2 Å². The van der Waals surface area contributed by atoms with E-state index in [1.54, 1.807) is 11.8 Å². The number of nitrogens with one attached hydrogen (secondary N) is 2. The Hall–Kier alpha value is -2.10. The van der Waals surface area contributed by atoms with Crippen molar-refractivity contribution in [3.05, 3.63) is 45.9 Å². The van der Waals surface area contributed by atoms with E-state index in [2.05, 4.69) is 15.7 Å². The van der Waals surface area contributed by atoms with E-state index in [-0.39, 0.29) is 29.1 Å². The minimum Gasteiger partial charge on any atom is -0.376 e. The Morgan fingerprint density at radius 1 is 1.38 bits per heavy atom. The van der Waals surface area contributed by atoms with E-state index >= 15 is 0 Å². The third-order valence-electron chi connectivity index (χ3n) is 4.88. The monoisotopic (exact) mass is 438 g/mol. The maximum absolute atomic E-state index is 14.1. The molecule has 1 aromatic heterocycles. The second-order valence-corrected chi connectivity index (χ2v) is 8.31. The molecule has 0 radical (unpaired) electrons. The second kappa shape index (κ2) is 8.73. The smallest absolute Gasteiger partial charge is 0.261 e. The Bertz CT molecular complexity index is 926. The molecular formula is C19H20ClFN4O3S. The van der Waals surface area contributed by atoms with Crippen LogP contribution in [0.15, 0.2) is 18.2 Å². The second-order valence-electron chi connectivity index (χ2n) is 6.91. The molecule has 2 aliphatic rings. The van der Waals surface area contributed by atoms with Crippen LogP contribution in [0, 0.1) is 5.82 Å². The minimum atomic E-state index is -0.707. The van der Waals surface area contributed by atoms with Gasteiger partial charge in [-0.1, -0.05) is 17.7 Å². The number of hydrogen-bond donors (Lipinski definition) is 2. The predicted octanol–water partition coefficient (Wildman–Crippen LogP) is 2.97. The molecule has 2 aliphatic heterocycles. The summed E-state index contributed by atoms with van der Waals surface area (Å²) in [6.07, 6.45) is 1.97. The number of ether oxygens (including phenoxy) is 1. The topological polar surface area (TPSA) is 85.2 Å². The molecule has 1 aromatic carbocycles. The molecule has 2 amide bonds. The fourth-order valence-corrected chi connectivity index (χ4v) is 4.71. The lowest BCUT2D eigenvalue weighted by molar-refractivity contribution is -0.122. The Kier molecular flexibility index (Phi) is 6.07. The summed E-state index contributed by atoms with van der Waals surface area (Å²) in [7, 11) is 0. The molecule has 1 atom stereocenters. The molecule has 29 heavy (non-hydrogen) atoms. The summed E-state index contributed by atoms with van der Waals surface area (Å²) in [5.74, 6) is 0.155. The summed E-state index contributed by atoms with van der Waals surface area (Å²) in [5.41, 5.74) is 1.43. The number of thioether (sulfide) groups is 1. The van der Waals surface area contributed by atoms with Gasteiger partial charge in [-0.3, -0.25) is 9.59 Å². The number of anilines is 1. The van der Waals surface area contributed by atoms with E-state index < -0.39 is 11.7 Å². The molecular weight excluding hydrogens is 419 g/mol. The van der Waals surface area contributed by atoms with Gasteiger partial charge in [-0.2, -0.15) is 16.9 Å². The summed E-state index contributed by atoms with van der Waals surface area (Å²) in [4.78, 5) is 25.1. The highest BCUT2D eigenvalue weighted by molar-refractivity contribution is 7.98. The van der Waals surface area contributed by atoms with Gasteiger partial charge in [0.15, 0.2) is 0 Å². The Morgan fingerprint density at radius 2 is 2.24 bits per heavy atom. The van der Waals surface area contributed by atoms with Gasteiger partial charge in [0, 0.05) is 30.2 Å². The van der Waals surface area contributed by atoms with Crippen molar-refractivity contribution in [2.24, 2.45) is 0 Å². The van der Waals surface area contributed by atoms with Crippen LogP contribution in [0.25, 0.3) is 0 Å². The third-order valence-corrected chi connectivity index (χ3v) is 6.17. The molecule has 0 spiro atoms. The molecule has 3 heterocycles. The van der Waals surface area contributed by atoms with Gasteiger partial charge in [0.05, 0.1) is 22.4 Å². The van der Waals surface area contributed by atoms with Gasteiger partial charge in [-0.05, 0) is 25.0 Å². The Balaban J connectivity index is 1.50. The first kappa shape index (κ1) is 20.2. The van der Waals surface area contributed by atoms with Gasteiger partial charge in [-0.25, -0.2) is 9.07 Å². The van der Waals surface area contributed by atoms with Gasteiger partial charge in [0.25, 0.3) is 5.91 Å². The van der Waals surface area contributed by atoms with Crippen LogP contribution in [0.1, 0.15) is 34.5 Å². The summed E-state index contributed by atoms with van der Waals surface area (Å²) in [5, 5.41) is 10.0. The molecule has 0 unspecified atom stereocenters. The highest BCUT2D eigenvalue weighted by Crippen LogP contribution is 2.35. The molecule has 154 valence electrons. The summed E-state index contributed by atoms with van der Waals surface area (Å²) in [6.45, 7) is 1.12. The average molecular weight is 439 g/mol. The number of amides is 2. The lowest BCUT2D eigenvalue weighted by Gasteiger charge is -2.13. The zero-order valence-electron chi connectivity index (χ0n) is 15.5. The van der Waals surface area contributed by atoms with Gasteiger partial charge < -0.3 is 15.4 Å². The molecule has 1 fully saturated rings. The van der Waals surface area contributed by atoms with E-state index in [1.165, 1.54) is 22.9 Å². The predicted molar refractivity (Wildman–Crippen MR) is 109 cm³/mol. The van der Waals surface area contributed by atoms with Crippen LogP contribution in [-0.4, -0.2) is 40.9 Å². The summed E-state index contributed by atoms with van der Waals surface area (Å²) < 4.78 is 21.1. The molecule has 2 aromatic rings. The van der Waals surface area contributed by atoms with Crippen molar-refractivity contribution >= 4 is 41.0 Å². The van der Waals surface area contributed by atoms with Crippen LogP contribution in [0.5, 0.6) is 0 Å². The first-order valence-electron chi connectivity index (χ1n) is 9.33. The largest absolute Gasteiger partial charge is 0.376 e. The van der Waals surface area contributed by atoms with Crippen molar-refractivity contribution in [2.45, 2.75) is 37.0 Å². The molecule has 0 bridgehead atoms. The maximum Gasteiger partial charge on any atom is 0.261 e. The van der Waals surface area contributed by atoms with E-state index in [9.17, 15) is 14.0 Å². The van der Waals surface area contributed by atoms with Gasteiger partial charge in [0.2, 0.25) is 5.91 Å². The lowest BCUT2D eigenvalue weighted by Crippen LogP contribution is -2.34. The first-order chi connectivity index (χ1) is 14.0. The number of rotatable bonds is 6. The van der Waals surface area contributed by atoms with Gasteiger partial charge in [-0.15, -0.1) is 0 Å². The molecule has 0 saturated carbocycles. The number of fused-ring (bicyclic) bond motifs is 1. The minimum absolute atomic E-state index is 0.0221. The van der Waals surface area contributed by atoms with Crippen molar-refractivity contribution < 1.29 is 18.7 Å². The number of aromatic nitrogens is 2.